The maximum Gasteiger partial charge on any atom is 0.345 e. The minimum atomic E-state index is -3.69. The van der Waals surface area contributed by atoms with Crippen LogP contribution in [0, 0.1) is 0 Å². The second-order valence-corrected chi connectivity index (χ2v) is 7.07. The summed E-state index contributed by atoms with van der Waals surface area (Å²) < 4.78 is 40.0. The summed E-state index contributed by atoms with van der Waals surface area (Å²) in [5.74, 6) is -1.71. The Kier molecular flexibility index (Phi) is 10.9. The molecule has 0 amide bonds. The second-order valence-electron chi connectivity index (χ2n) is 4.85. The van der Waals surface area contributed by atoms with Crippen molar-refractivity contribution in [2.45, 2.75) is 59.4 Å². The number of hydrogen-bond donors (Lipinski definition) is 0. The van der Waals surface area contributed by atoms with Crippen molar-refractivity contribution >= 4 is 13.6 Å². The summed E-state index contributed by atoms with van der Waals surface area (Å²) in [6, 6.07) is 0. The van der Waals surface area contributed by atoms with Gasteiger partial charge in [0.25, 0.3) is 0 Å². The highest BCUT2D eigenvalue weighted by Gasteiger charge is 2.47. The molecule has 0 spiro atoms. The lowest BCUT2D eigenvalue weighted by molar-refractivity contribution is -0.226. The Bertz CT molecular complexity index is 370. The van der Waals surface area contributed by atoms with Crippen molar-refractivity contribution < 1.29 is 32.6 Å². The quantitative estimate of drug-likeness (QED) is 0.285. The number of hydrogen-bond acceptors (Lipinski definition) is 7. The third-order valence-electron chi connectivity index (χ3n) is 3.02. The Morgan fingerprint density at radius 1 is 0.913 bits per heavy atom. The van der Waals surface area contributed by atoms with E-state index < -0.39 is 25.0 Å². The Labute approximate surface area is 139 Å². The molecule has 1 atom stereocenters. The summed E-state index contributed by atoms with van der Waals surface area (Å²) in [7, 11) is -3.69. The molecule has 0 aromatic carbocycles. The summed E-state index contributed by atoms with van der Waals surface area (Å²) in [5.41, 5.74) is -1.11. The molecule has 138 valence electrons. The molecule has 0 saturated carbocycles. The fraction of sp³-hybridized carbons (Fsp3) is 0.933. The number of rotatable bonds is 13. The maximum absolute atomic E-state index is 13.1. The lowest BCUT2D eigenvalue weighted by Crippen LogP contribution is -2.40. The first kappa shape index (κ1) is 22.5. The monoisotopic (exact) mass is 354 g/mol. The SMILES string of the molecule is CCOC(=O)C(CC(C)(OCC)OCC)P(=O)(OCC)OCC. The zero-order valence-corrected chi connectivity index (χ0v) is 16.0. The van der Waals surface area contributed by atoms with Gasteiger partial charge in [0.2, 0.25) is 0 Å². The smallest absolute Gasteiger partial charge is 0.345 e. The molecule has 0 N–H and O–H groups in total. The average molecular weight is 354 g/mol. The van der Waals surface area contributed by atoms with E-state index in [4.69, 9.17) is 23.3 Å². The van der Waals surface area contributed by atoms with Crippen LogP contribution in [-0.4, -0.2) is 50.4 Å². The van der Waals surface area contributed by atoms with Gasteiger partial charge in [-0.25, -0.2) is 0 Å². The summed E-state index contributed by atoms with van der Waals surface area (Å²) in [6.45, 7) is 11.7. The maximum atomic E-state index is 13.1. The molecule has 0 fully saturated rings. The normalized spacial score (nSPS) is 13.8. The van der Waals surface area contributed by atoms with Gasteiger partial charge in [0.15, 0.2) is 11.4 Å². The topological polar surface area (TPSA) is 80.3 Å². The van der Waals surface area contributed by atoms with Gasteiger partial charge in [-0.2, -0.15) is 0 Å². The minimum absolute atomic E-state index is 0.0186. The number of carbonyl (C=O) groups excluding carboxylic acids is 1. The highest BCUT2D eigenvalue weighted by atomic mass is 31.2. The molecule has 0 aliphatic carbocycles. The van der Waals surface area contributed by atoms with E-state index in [1.165, 1.54) is 0 Å². The van der Waals surface area contributed by atoms with E-state index in [2.05, 4.69) is 0 Å². The van der Waals surface area contributed by atoms with Gasteiger partial charge in [-0.3, -0.25) is 9.36 Å². The van der Waals surface area contributed by atoms with Crippen molar-refractivity contribution in [1.29, 1.82) is 0 Å². The highest BCUT2D eigenvalue weighted by molar-refractivity contribution is 7.55. The third-order valence-corrected chi connectivity index (χ3v) is 5.41. The van der Waals surface area contributed by atoms with E-state index in [-0.39, 0.29) is 26.2 Å². The molecule has 8 heteroatoms. The molecular formula is C15H31O7P. The summed E-state index contributed by atoms with van der Waals surface area (Å²) in [6.07, 6.45) is 0.0186. The molecule has 0 aliphatic heterocycles. The van der Waals surface area contributed by atoms with E-state index in [1.54, 1.807) is 27.7 Å². The van der Waals surface area contributed by atoms with E-state index in [1.807, 2.05) is 13.8 Å². The molecule has 0 bridgehead atoms. The van der Waals surface area contributed by atoms with Crippen LogP contribution in [0.4, 0.5) is 0 Å². The van der Waals surface area contributed by atoms with Gasteiger partial charge in [0.05, 0.1) is 19.8 Å². The van der Waals surface area contributed by atoms with Gasteiger partial charge in [-0.1, -0.05) is 0 Å². The number of esters is 1. The van der Waals surface area contributed by atoms with Gasteiger partial charge in [-0.05, 0) is 41.5 Å². The van der Waals surface area contributed by atoms with Crippen LogP contribution in [0.2, 0.25) is 0 Å². The molecular weight excluding hydrogens is 323 g/mol. The minimum Gasteiger partial charge on any atom is -0.465 e. The molecule has 0 aromatic heterocycles. The van der Waals surface area contributed by atoms with Crippen molar-refractivity contribution in [2.24, 2.45) is 0 Å². The zero-order valence-electron chi connectivity index (χ0n) is 15.1. The van der Waals surface area contributed by atoms with Crippen molar-refractivity contribution in [2.75, 3.05) is 33.0 Å². The van der Waals surface area contributed by atoms with Gasteiger partial charge in [0, 0.05) is 19.6 Å². The Morgan fingerprint density at radius 2 is 1.39 bits per heavy atom. The summed E-state index contributed by atoms with van der Waals surface area (Å²) in [5, 5.41) is 0. The van der Waals surface area contributed by atoms with Gasteiger partial charge < -0.3 is 23.3 Å². The zero-order chi connectivity index (χ0) is 17.9. The molecule has 0 aliphatic rings. The van der Waals surface area contributed by atoms with Crippen LogP contribution in [0.15, 0.2) is 0 Å². The second kappa shape index (κ2) is 11.2. The Balaban J connectivity index is 5.57. The van der Waals surface area contributed by atoms with E-state index in [0.29, 0.717) is 13.2 Å². The standard InChI is InChI=1S/C15H31O7P/c1-7-18-14(16)13(23(17,21-10-4)22-11-5)12-15(6,19-8-2)20-9-3/h13H,7-12H2,1-6H3. The Hall–Kier alpha value is -0.460. The van der Waals surface area contributed by atoms with Gasteiger partial charge in [0.1, 0.15) is 0 Å². The molecule has 0 radical (unpaired) electrons. The van der Waals surface area contributed by atoms with Crippen molar-refractivity contribution in [3.05, 3.63) is 0 Å². The van der Waals surface area contributed by atoms with Crippen molar-refractivity contribution in [1.82, 2.24) is 0 Å². The fourth-order valence-electron chi connectivity index (χ4n) is 2.26. The van der Waals surface area contributed by atoms with E-state index in [9.17, 15) is 9.36 Å². The first-order chi connectivity index (χ1) is 10.8. The molecule has 0 rings (SSSR count). The van der Waals surface area contributed by atoms with Gasteiger partial charge >= 0.3 is 13.6 Å². The highest BCUT2D eigenvalue weighted by Crippen LogP contribution is 2.56. The van der Waals surface area contributed by atoms with Crippen LogP contribution in [0.5, 0.6) is 0 Å². The van der Waals surface area contributed by atoms with Crippen molar-refractivity contribution in [3.63, 3.8) is 0 Å². The summed E-state index contributed by atoms with van der Waals surface area (Å²) in [4.78, 5) is 12.4. The predicted octanol–water partition coefficient (Wildman–Crippen LogP) is 3.36. The molecule has 0 aromatic rings. The third kappa shape index (κ3) is 7.31. The molecule has 0 heterocycles. The largest absolute Gasteiger partial charge is 0.465 e. The lowest BCUT2D eigenvalue weighted by Gasteiger charge is -2.34. The van der Waals surface area contributed by atoms with E-state index in [0.717, 1.165) is 0 Å². The Morgan fingerprint density at radius 3 is 1.74 bits per heavy atom. The molecule has 23 heavy (non-hydrogen) atoms. The number of carbonyl (C=O) groups is 1. The van der Waals surface area contributed by atoms with Crippen LogP contribution in [0.25, 0.3) is 0 Å². The first-order valence-corrected chi connectivity index (χ1v) is 9.76. The van der Waals surface area contributed by atoms with E-state index >= 15 is 0 Å². The molecule has 1 unspecified atom stereocenters. The lowest BCUT2D eigenvalue weighted by atomic mass is 10.1. The molecule has 7 nitrogen and oxygen atoms in total. The summed E-state index contributed by atoms with van der Waals surface area (Å²) >= 11 is 0. The van der Waals surface area contributed by atoms with Crippen LogP contribution in [0.1, 0.15) is 48.0 Å². The first-order valence-electron chi connectivity index (χ1n) is 8.15. The van der Waals surface area contributed by atoms with Crippen LogP contribution >= 0.6 is 7.60 Å². The average Bonchev–Trinajstić information content (AvgIpc) is 2.46. The van der Waals surface area contributed by atoms with Gasteiger partial charge in [-0.15, -0.1) is 0 Å². The van der Waals surface area contributed by atoms with Crippen LogP contribution in [0.3, 0.4) is 0 Å². The molecule has 0 saturated heterocycles. The fourth-order valence-corrected chi connectivity index (χ4v) is 4.30. The predicted molar refractivity (Wildman–Crippen MR) is 87.6 cm³/mol. The van der Waals surface area contributed by atoms with Crippen LogP contribution < -0.4 is 0 Å². The van der Waals surface area contributed by atoms with Crippen molar-refractivity contribution in [3.8, 4) is 0 Å². The number of ether oxygens (including phenoxy) is 3. The van der Waals surface area contributed by atoms with Crippen LogP contribution in [-0.2, 0) is 32.6 Å².